The molecule has 1 heterocycles. The highest BCUT2D eigenvalue weighted by atomic mass is 32.2. The summed E-state index contributed by atoms with van der Waals surface area (Å²) >= 11 is 1.43. The predicted octanol–water partition coefficient (Wildman–Crippen LogP) is 5.88. The van der Waals surface area contributed by atoms with E-state index in [9.17, 15) is 24.6 Å². The molecule has 582 valence electrons. The lowest BCUT2D eigenvalue weighted by Gasteiger charge is -2.41. The van der Waals surface area contributed by atoms with Gasteiger partial charge >= 0.3 is 0 Å². The van der Waals surface area contributed by atoms with Gasteiger partial charge in [-0.2, -0.15) is 11.8 Å². The maximum absolute atomic E-state index is 15.6. The molecule has 6 N–H and O–H groups in total. The molecule has 0 aromatic rings. The molecule has 0 bridgehead atoms. The van der Waals surface area contributed by atoms with Crippen LogP contribution in [0, 0.1) is 47.3 Å². The minimum absolute atomic E-state index is 0.0254. The lowest BCUT2D eigenvalue weighted by molar-refractivity contribution is -0.157. The summed E-state index contributed by atoms with van der Waals surface area (Å²) in [5, 5.41) is 35.1. The van der Waals surface area contributed by atoms with E-state index < -0.39 is 161 Å². The first-order valence-corrected chi connectivity index (χ1v) is 38.2. The summed E-state index contributed by atoms with van der Waals surface area (Å²) in [6, 6.07) is -14.4. The minimum Gasteiger partial charge on any atom is -0.390 e. The Morgan fingerprint density at radius 3 is 1.43 bits per heavy atom. The van der Waals surface area contributed by atoms with Crippen molar-refractivity contribution in [3.8, 4) is 0 Å². The highest BCUT2D eigenvalue weighted by Gasteiger charge is 2.47. The van der Waals surface area contributed by atoms with Crippen LogP contribution in [0.1, 0.15) is 197 Å². The number of allylic oxidation sites excluding steroid dienone is 2. The Hall–Kier alpha value is -5.86. The molecule has 0 aromatic carbocycles. The number of aliphatic hydroxyl groups is 2. The van der Waals surface area contributed by atoms with Crippen LogP contribution in [0.5, 0.6) is 0 Å². The number of thioether (sulfide) groups is 1. The molecule has 0 radical (unpaired) electrons. The van der Waals surface area contributed by atoms with Crippen LogP contribution in [0.25, 0.3) is 0 Å². The molecular formula is C75H138N12O13S. The summed E-state index contributed by atoms with van der Waals surface area (Å²) in [4.78, 5) is 177. The summed E-state index contributed by atoms with van der Waals surface area (Å²) in [5.74, 6) is -8.53. The van der Waals surface area contributed by atoms with Gasteiger partial charge in [0.25, 0.3) is 0 Å². The Morgan fingerprint density at radius 1 is 0.505 bits per heavy atom. The molecule has 101 heavy (non-hydrogen) atoms. The fourth-order valence-corrected chi connectivity index (χ4v) is 14.0. The molecule has 11 amide bonds. The Kier molecular flexibility index (Phi) is 40.0. The third kappa shape index (κ3) is 29.0. The van der Waals surface area contributed by atoms with Gasteiger partial charge in [-0.05, 0) is 139 Å². The van der Waals surface area contributed by atoms with E-state index in [4.69, 9.17) is 0 Å². The Bertz CT molecular complexity index is 2710. The van der Waals surface area contributed by atoms with Gasteiger partial charge in [-0.15, -0.1) is 0 Å². The molecule has 1 aliphatic heterocycles. The monoisotopic (exact) mass is 1450 g/mol. The van der Waals surface area contributed by atoms with E-state index in [1.165, 1.54) is 118 Å². The summed E-state index contributed by atoms with van der Waals surface area (Å²) in [6.45, 7) is 40.5. The topological polar surface area (TPSA) is 302 Å². The molecule has 0 spiro atoms. The number of hydrogen-bond acceptors (Lipinski definition) is 15. The second-order valence-electron chi connectivity index (χ2n) is 32.0. The lowest BCUT2D eigenvalue weighted by atomic mass is 9.91. The van der Waals surface area contributed by atoms with Crippen molar-refractivity contribution >= 4 is 76.7 Å². The van der Waals surface area contributed by atoms with Gasteiger partial charge in [0, 0.05) is 74.6 Å². The highest BCUT2D eigenvalue weighted by molar-refractivity contribution is 7.99. The molecule has 0 saturated carbocycles. The maximum Gasteiger partial charge on any atom is 0.246 e. The normalized spacial score (nSPS) is 25.6. The first-order chi connectivity index (χ1) is 46.6. The van der Waals surface area contributed by atoms with Crippen molar-refractivity contribution in [1.82, 2.24) is 60.5 Å². The quantitative estimate of drug-likeness (QED) is 0.0435. The van der Waals surface area contributed by atoms with Crippen LogP contribution in [-0.4, -0.2) is 273 Å². The summed E-state index contributed by atoms with van der Waals surface area (Å²) in [6.07, 6.45) is 3.60. The fourth-order valence-electron chi connectivity index (χ4n) is 13.0. The van der Waals surface area contributed by atoms with Crippen LogP contribution < -0.4 is 21.3 Å². The van der Waals surface area contributed by atoms with Crippen molar-refractivity contribution < 1.29 is 63.0 Å². The van der Waals surface area contributed by atoms with Gasteiger partial charge in [-0.3, -0.25) is 52.7 Å². The number of likely N-dealkylation sites (N-methyl/N-ethyl adjacent to an activating group) is 7. The van der Waals surface area contributed by atoms with Gasteiger partial charge < -0.3 is 70.7 Å². The SMILES string of the molecule is C/C=C/C[C@@H](C)[C@@H](O)[C@H]1C(=O)N[C@H](CC)C(=O)N(C)[C@H](CSCCCN(CC(C)C)CC(C)C)C(=O)N(C)[C@@H](CC(C)(C)O)C(=O)N[C@H](C(C)C)C(=O)N(C)[C@H](CCC(C)C)C(=O)N[C@H](C)C(=O)N[C@@H](C)C(=O)N(C)[C@@H](CC(C)C)C(=O)N(C)[C@H](CC(C)C)C(=O)N(C)[C@H](C(C)C)C(=O)N1C. The lowest BCUT2D eigenvalue weighted by Crippen LogP contribution is -2.64. The van der Waals surface area contributed by atoms with E-state index in [1.54, 1.807) is 54.5 Å². The molecule has 1 saturated heterocycles. The molecular weight excluding hydrogens is 1310 g/mol. The molecule has 0 unspecified atom stereocenters. The van der Waals surface area contributed by atoms with Gasteiger partial charge in [0.15, 0.2) is 0 Å². The Balaban J connectivity index is 4.62. The first-order valence-electron chi connectivity index (χ1n) is 37.0. The van der Waals surface area contributed by atoms with Crippen LogP contribution in [0.4, 0.5) is 0 Å². The van der Waals surface area contributed by atoms with E-state index in [0.717, 1.165) is 31.0 Å². The zero-order chi connectivity index (χ0) is 78.2. The smallest absolute Gasteiger partial charge is 0.246 e. The molecule has 0 aromatic heterocycles. The van der Waals surface area contributed by atoms with Crippen LogP contribution >= 0.6 is 11.8 Å². The number of carbonyl (C=O) groups is 11. The molecule has 1 rings (SSSR count). The maximum atomic E-state index is 15.6. The summed E-state index contributed by atoms with van der Waals surface area (Å²) in [7, 11) is 9.97. The van der Waals surface area contributed by atoms with Crippen LogP contribution in [-0.2, 0) is 52.7 Å². The van der Waals surface area contributed by atoms with Crippen molar-refractivity contribution in [1.29, 1.82) is 0 Å². The van der Waals surface area contributed by atoms with Crippen molar-refractivity contribution in [3.63, 3.8) is 0 Å². The van der Waals surface area contributed by atoms with Gasteiger partial charge in [-0.1, -0.05) is 123 Å². The largest absolute Gasteiger partial charge is 0.390 e. The van der Waals surface area contributed by atoms with E-state index in [0.29, 0.717) is 24.0 Å². The van der Waals surface area contributed by atoms with Crippen molar-refractivity contribution in [2.24, 2.45) is 47.3 Å². The molecule has 1 aliphatic rings. The second kappa shape index (κ2) is 43.4. The highest BCUT2D eigenvalue weighted by Crippen LogP contribution is 2.27. The van der Waals surface area contributed by atoms with E-state index >= 15 is 38.4 Å². The first kappa shape index (κ1) is 93.2. The zero-order valence-electron chi connectivity index (χ0n) is 67.3. The molecule has 1 fully saturated rings. The van der Waals surface area contributed by atoms with Crippen LogP contribution in [0.15, 0.2) is 12.2 Å². The summed E-state index contributed by atoms with van der Waals surface area (Å²) < 4.78 is 0. The standard InChI is InChI=1S/C75H138N12O13S/c1-29-31-33-51(17)63(88)62-67(92)78-54(30-2)69(94)84(26)59(43-101-37-32-36-87(41-47(9)10)42-48(11)12)72(97)83(25)58(40-75(20,21)100)66(91)79-60(49(13)14)73(98)80(22)55(35-34-44(3)4)65(90)76-52(18)64(89)77-53(19)68(93)81(23)56(38-45(5)6)70(95)82(24)57(39-46(7)8)71(96)85(27)61(50(15)16)74(99)86(62)28/h29,31,44-63,88,100H,30,32-43H2,1-28H3,(H,76,90)(H,77,89)(H,78,92)(H,79,91)/b31-29+/t51-,52-,53+,54-,55-,56+,57-,58+,59-,60-,61-,62+,63-/m1/s1. The second-order valence-corrected chi connectivity index (χ2v) is 33.2. The number of amides is 11. The van der Waals surface area contributed by atoms with E-state index in [1.807, 2.05) is 47.6 Å². The number of rotatable bonds is 26. The third-order valence-corrected chi connectivity index (χ3v) is 20.1. The minimum atomic E-state index is -1.66. The number of nitrogens with one attached hydrogen (secondary N) is 4. The molecule has 0 aliphatic carbocycles. The molecule has 13 atom stereocenters. The number of aliphatic hydroxyl groups excluding tert-OH is 1. The van der Waals surface area contributed by atoms with E-state index in [-0.39, 0.29) is 62.0 Å². The van der Waals surface area contributed by atoms with Gasteiger partial charge in [0.2, 0.25) is 65.0 Å². The fraction of sp³-hybridized carbons (Fsp3) is 0.827. The average molecular weight is 1450 g/mol. The van der Waals surface area contributed by atoms with Crippen molar-refractivity contribution in [2.45, 2.75) is 275 Å². The van der Waals surface area contributed by atoms with E-state index in [2.05, 4.69) is 53.9 Å². The number of carbonyl (C=O) groups excluding carboxylic acids is 11. The number of hydrogen-bond donors (Lipinski definition) is 6. The third-order valence-electron chi connectivity index (χ3n) is 19.0. The average Bonchev–Trinajstić information content (AvgIpc) is 0.806. The van der Waals surface area contributed by atoms with Gasteiger partial charge in [0.05, 0.1) is 11.7 Å². The van der Waals surface area contributed by atoms with Gasteiger partial charge in [-0.25, -0.2) is 0 Å². The molecule has 25 nitrogen and oxygen atoms in total. The molecule has 26 heteroatoms. The van der Waals surface area contributed by atoms with Crippen LogP contribution in [0.2, 0.25) is 0 Å². The summed E-state index contributed by atoms with van der Waals surface area (Å²) in [5.41, 5.74) is -1.59. The Labute approximate surface area is 612 Å². The predicted molar refractivity (Wildman–Crippen MR) is 402 cm³/mol. The van der Waals surface area contributed by atoms with Gasteiger partial charge in [0.1, 0.15) is 66.5 Å². The van der Waals surface area contributed by atoms with Crippen molar-refractivity contribution in [3.05, 3.63) is 12.2 Å². The zero-order valence-corrected chi connectivity index (χ0v) is 68.1. The Morgan fingerprint density at radius 2 is 0.960 bits per heavy atom. The van der Waals surface area contributed by atoms with Crippen LogP contribution in [0.3, 0.4) is 0 Å². The number of nitrogens with zero attached hydrogens (tertiary/aromatic N) is 8. The van der Waals surface area contributed by atoms with Crippen molar-refractivity contribution in [2.75, 3.05) is 80.5 Å².